The zero-order chi connectivity index (χ0) is 18.4. The molecule has 3 aromatic rings. The van der Waals surface area contributed by atoms with Crippen LogP contribution in [0.15, 0.2) is 18.5 Å². The van der Waals surface area contributed by atoms with E-state index in [9.17, 15) is 17.6 Å². The molecule has 0 amide bonds. The van der Waals surface area contributed by atoms with E-state index in [-0.39, 0.29) is 22.4 Å². The van der Waals surface area contributed by atoms with Crippen LogP contribution in [0.3, 0.4) is 0 Å². The molecule has 2 aromatic heterocycles. The van der Waals surface area contributed by atoms with Crippen molar-refractivity contribution in [1.29, 1.82) is 0 Å². The number of alkyl halides is 1. The number of halogens is 5. The molecule has 0 aliphatic heterocycles. The highest BCUT2D eigenvalue weighted by Gasteiger charge is 2.31. The Labute approximate surface area is 150 Å². The molecule has 1 aliphatic rings. The van der Waals surface area contributed by atoms with Crippen LogP contribution in [0, 0.1) is 17.5 Å². The number of hydrogen-bond donors (Lipinski definition) is 0. The fraction of sp³-hybridized carbons (Fsp3) is 0.353. The van der Waals surface area contributed by atoms with Crippen LogP contribution in [-0.2, 0) is 0 Å². The van der Waals surface area contributed by atoms with Crippen LogP contribution in [-0.4, -0.2) is 25.8 Å². The summed E-state index contributed by atoms with van der Waals surface area (Å²) in [7, 11) is 0. The molecule has 9 heteroatoms. The number of nitrogens with zero attached hydrogens (tertiary/aromatic N) is 4. The third kappa shape index (κ3) is 2.82. The maximum Gasteiger partial charge on any atom is 0.253 e. The van der Waals surface area contributed by atoms with Crippen molar-refractivity contribution < 1.29 is 17.6 Å². The van der Waals surface area contributed by atoms with E-state index in [1.165, 1.54) is 10.8 Å². The molecule has 0 radical (unpaired) electrons. The topological polar surface area (TPSA) is 43.1 Å². The molecule has 136 valence electrons. The fourth-order valence-electron chi connectivity index (χ4n) is 3.55. The maximum absolute atomic E-state index is 14.4. The van der Waals surface area contributed by atoms with Crippen LogP contribution < -0.4 is 0 Å². The van der Waals surface area contributed by atoms with Gasteiger partial charge in [0.1, 0.15) is 35.1 Å². The first kappa shape index (κ1) is 17.2. The molecule has 2 heterocycles. The second-order valence-electron chi connectivity index (χ2n) is 6.33. The van der Waals surface area contributed by atoms with Crippen molar-refractivity contribution in [3.05, 3.63) is 46.8 Å². The summed E-state index contributed by atoms with van der Waals surface area (Å²) in [6, 6.07) is 1.17. The standard InChI is InChI=1S/C17H13ClF4N4/c18-16-14(13-11(21)5-10(20)6-12(13)22)15(8-1-3-9(19)4-2-8)26-17(25-16)23-7-24-26/h5-9H,1-4H2. The van der Waals surface area contributed by atoms with E-state index < -0.39 is 29.2 Å². The molecular formula is C17H13ClF4N4. The predicted molar refractivity (Wildman–Crippen MR) is 87.2 cm³/mol. The van der Waals surface area contributed by atoms with Gasteiger partial charge >= 0.3 is 0 Å². The molecule has 0 unspecified atom stereocenters. The van der Waals surface area contributed by atoms with Crippen molar-refractivity contribution in [3.8, 4) is 11.1 Å². The Morgan fingerprint density at radius 1 is 1.00 bits per heavy atom. The van der Waals surface area contributed by atoms with Crippen LogP contribution in [0.5, 0.6) is 0 Å². The molecule has 4 nitrogen and oxygen atoms in total. The molecule has 4 rings (SSSR count). The quantitative estimate of drug-likeness (QED) is 0.468. The normalized spacial score (nSPS) is 20.7. The summed E-state index contributed by atoms with van der Waals surface area (Å²) in [5.74, 6) is -3.27. The first-order valence-corrected chi connectivity index (χ1v) is 8.51. The van der Waals surface area contributed by atoms with Crippen LogP contribution in [0.25, 0.3) is 16.9 Å². The van der Waals surface area contributed by atoms with E-state index >= 15 is 0 Å². The summed E-state index contributed by atoms with van der Waals surface area (Å²) in [6.45, 7) is 0. The summed E-state index contributed by atoms with van der Waals surface area (Å²) in [5, 5.41) is 3.93. The highest BCUT2D eigenvalue weighted by molar-refractivity contribution is 6.32. The molecule has 0 atom stereocenters. The van der Waals surface area contributed by atoms with Crippen LogP contribution in [0.2, 0.25) is 5.15 Å². The van der Waals surface area contributed by atoms with Crippen molar-refractivity contribution in [1.82, 2.24) is 19.6 Å². The third-order valence-corrected chi connectivity index (χ3v) is 4.99. The molecule has 0 spiro atoms. The van der Waals surface area contributed by atoms with Crippen molar-refractivity contribution in [2.75, 3.05) is 0 Å². The van der Waals surface area contributed by atoms with Gasteiger partial charge in [-0.25, -0.2) is 22.1 Å². The first-order chi connectivity index (χ1) is 12.5. The Balaban J connectivity index is 2.00. The number of hydrogen-bond acceptors (Lipinski definition) is 3. The van der Waals surface area contributed by atoms with Crippen molar-refractivity contribution in [2.45, 2.75) is 37.8 Å². The van der Waals surface area contributed by atoms with Gasteiger partial charge in [0.2, 0.25) is 0 Å². The van der Waals surface area contributed by atoms with Gasteiger partial charge in [0, 0.05) is 23.6 Å². The third-order valence-electron chi connectivity index (χ3n) is 4.72. The molecule has 0 N–H and O–H groups in total. The number of rotatable bonds is 2. The van der Waals surface area contributed by atoms with E-state index in [1.54, 1.807) is 0 Å². The highest BCUT2D eigenvalue weighted by atomic mass is 35.5. The summed E-state index contributed by atoms with van der Waals surface area (Å²) in [4.78, 5) is 8.02. The highest BCUT2D eigenvalue weighted by Crippen LogP contribution is 2.42. The van der Waals surface area contributed by atoms with E-state index in [0.29, 0.717) is 43.5 Å². The van der Waals surface area contributed by atoms with Gasteiger partial charge in [-0.05, 0) is 25.7 Å². The van der Waals surface area contributed by atoms with Gasteiger partial charge in [0.25, 0.3) is 5.78 Å². The van der Waals surface area contributed by atoms with Crippen LogP contribution >= 0.6 is 11.6 Å². The monoisotopic (exact) mass is 384 g/mol. The SMILES string of the molecule is Fc1cc(F)c(-c2c(Cl)nc3ncnn3c2C2CCC(F)CC2)c(F)c1. The van der Waals surface area contributed by atoms with E-state index in [2.05, 4.69) is 15.1 Å². The molecule has 1 aromatic carbocycles. The lowest BCUT2D eigenvalue weighted by atomic mass is 9.83. The lowest BCUT2D eigenvalue weighted by molar-refractivity contribution is 0.233. The van der Waals surface area contributed by atoms with E-state index in [4.69, 9.17) is 11.6 Å². The van der Waals surface area contributed by atoms with Gasteiger partial charge in [-0.2, -0.15) is 15.1 Å². The number of fused-ring (bicyclic) bond motifs is 1. The largest absolute Gasteiger partial charge is 0.253 e. The zero-order valence-electron chi connectivity index (χ0n) is 13.4. The number of benzene rings is 1. The van der Waals surface area contributed by atoms with Crippen molar-refractivity contribution in [2.24, 2.45) is 0 Å². The second-order valence-corrected chi connectivity index (χ2v) is 6.69. The lowest BCUT2D eigenvalue weighted by Crippen LogP contribution is -2.18. The van der Waals surface area contributed by atoms with Crippen molar-refractivity contribution >= 4 is 17.4 Å². The minimum Gasteiger partial charge on any atom is -0.247 e. The Morgan fingerprint density at radius 2 is 1.65 bits per heavy atom. The Kier molecular flexibility index (Phi) is 4.30. The smallest absolute Gasteiger partial charge is 0.247 e. The fourth-order valence-corrected chi connectivity index (χ4v) is 3.82. The molecule has 0 bridgehead atoms. The molecule has 1 fully saturated rings. The Morgan fingerprint density at radius 3 is 2.31 bits per heavy atom. The molecule has 26 heavy (non-hydrogen) atoms. The predicted octanol–water partition coefficient (Wildman–Crippen LogP) is 4.86. The summed E-state index contributed by atoms with van der Waals surface area (Å²) in [5.41, 5.74) is -0.0607. The van der Waals surface area contributed by atoms with Gasteiger partial charge in [-0.1, -0.05) is 11.6 Å². The van der Waals surface area contributed by atoms with Gasteiger partial charge in [0.15, 0.2) is 0 Å². The van der Waals surface area contributed by atoms with Gasteiger partial charge in [-0.15, -0.1) is 0 Å². The van der Waals surface area contributed by atoms with Gasteiger partial charge in [-0.3, -0.25) is 0 Å². The average molecular weight is 385 g/mol. The summed E-state index contributed by atoms with van der Waals surface area (Å²) < 4.78 is 57.1. The minimum atomic E-state index is -1.09. The summed E-state index contributed by atoms with van der Waals surface area (Å²) >= 11 is 6.24. The first-order valence-electron chi connectivity index (χ1n) is 8.13. The van der Waals surface area contributed by atoms with Gasteiger partial charge in [0.05, 0.1) is 11.3 Å². The zero-order valence-corrected chi connectivity index (χ0v) is 14.1. The molecule has 1 saturated carbocycles. The summed E-state index contributed by atoms with van der Waals surface area (Å²) in [6.07, 6.45) is 1.94. The van der Waals surface area contributed by atoms with E-state index in [1.807, 2.05) is 0 Å². The van der Waals surface area contributed by atoms with E-state index in [0.717, 1.165) is 0 Å². The molecule has 1 aliphatic carbocycles. The number of aromatic nitrogens is 4. The van der Waals surface area contributed by atoms with Gasteiger partial charge < -0.3 is 0 Å². The average Bonchev–Trinajstić information content (AvgIpc) is 3.03. The molecule has 0 saturated heterocycles. The molecular weight excluding hydrogens is 372 g/mol. The second kappa shape index (κ2) is 6.50. The Bertz CT molecular complexity index is 959. The lowest BCUT2D eigenvalue weighted by Gasteiger charge is -2.27. The van der Waals surface area contributed by atoms with Crippen LogP contribution in [0.4, 0.5) is 17.6 Å². The minimum absolute atomic E-state index is 0.00183. The maximum atomic E-state index is 14.4. The van der Waals surface area contributed by atoms with Crippen LogP contribution in [0.1, 0.15) is 37.3 Å². The Hall–Kier alpha value is -2.22. The van der Waals surface area contributed by atoms with Crippen molar-refractivity contribution in [3.63, 3.8) is 0 Å².